The molecule has 78 valence electrons. The van der Waals surface area contributed by atoms with Crippen LogP contribution >= 0.6 is 11.6 Å². The zero-order valence-electron chi connectivity index (χ0n) is 8.06. The first-order chi connectivity index (χ1) is 6.60. The lowest BCUT2D eigenvalue weighted by molar-refractivity contribution is -0.0140. The van der Waals surface area contributed by atoms with Gasteiger partial charge in [0.05, 0.1) is 0 Å². The Morgan fingerprint density at radius 2 is 2.07 bits per heavy atom. The number of benzene rings is 1. The van der Waals surface area contributed by atoms with Gasteiger partial charge in [-0.3, -0.25) is 0 Å². The van der Waals surface area contributed by atoms with Gasteiger partial charge in [0, 0.05) is 17.9 Å². The van der Waals surface area contributed by atoms with Gasteiger partial charge in [0.15, 0.2) is 0 Å². The summed E-state index contributed by atoms with van der Waals surface area (Å²) in [6, 6.07) is 6.30. The molecule has 0 fully saturated rings. The van der Waals surface area contributed by atoms with E-state index in [0.717, 1.165) is 5.56 Å². The molecule has 1 aromatic carbocycles. The second-order valence-corrected chi connectivity index (χ2v) is 3.56. The summed E-state index contributed by atoms with van der Waals surface area (Å²) in [7, 11) is 0. The number of hydrogen-bond acceptors (Lipinski definition) is 0. The number of rotatable bonds is 4. The highest BCUT2D eigenvalue weighted by atomic mass is 35.5. The van der Waals surface area contributed by atoms with Crippen LogP contribution in [0, 0.1) is 0 Å². The normalized spacial score (nSPS) is 11.7. The van der Waals surface area contributed by atoms with E-state index in [4.69, 9.17) is 11.6 Å². The average Bonchev–Trinajstić information content (AvgIpc) is 2.18. The maximum Gasteiger partial charge on any atom is 0.273 e. The van der Waals surface area contributed by atoms with Gasteiger partial charge in [-0.05, 0) is 11.6 Å². The van der Waals surface area contributed by atoms with E-state index in [0.29, 0.717) is 6.42 Å². The molecule has 0 unspecified atom stereocenters. The van der Waals surface area contributed by atoms with E-state index in [-0.39, 0.29) is 17.9 Å². The third-order valence-corrected chi connectivity index (χ3v) is 2.38. The van der Waals surface area contributed by atoms with Crippen LogP contribution in [0.15, 0.2) is 24.3 Å². The molecule has 0 aliphatic rings. The van der Waals surface area contributed by atoms with E-state index < -0.39 is 5.92 Å². The predicted octanol–water partition coefficient (Wildman–Crippen LogP) is 4.32. The standard InChI is InChI=1S/C11H13ClF2/c1-2-6-11(13,14)10-5-3-4-9(7-10)8-12/h3-5,7H,2,6,8H2,1H3. The van der Waals surface area contributed by atoms with Crippen molar-refractivity contribution in [3.63, 3.8) is 0 Å². The van der Waals surface area contributed by atoms with Crippen LogP contribution < -0.4 is 0 Å². The van der Waals surface area contributed by atoms with Crippen molar-refractivity contribution in [1.29, 1.82) is 0 Å². The highest BCUT2D eigenvalue weighted by molar-refractivity contribution is 6.17. The third kappa shape index (κ3) is 2.68. The summed E-state index contributed by atoms with van der Waals surface area (Å²) in [4.78, 5) is 0. The fraction of sp³-hybridized carbons (Fsp3) is 0.455. The molecule has 1 aromatic rings. The molecule has 3 heteroatoms. The zero-order chi connectivity index (χ0) is 10.6. The van der Waals surface area contributed by atoms with E-state index in [2.05, 4.69) is 0 Å². The van der Waals surface area contributed by atoms with E-state index >= 15 is 0 Å². The van der Waals surface area contributed by atoms with Gasteiger partial charge in [-0.1, -0.05) is 31.5 Å². The van der Waals surface area contributed by atoms with Crippen molar-refractivity contribution in [2.75, 3.05) is 0 Å². The molecular weight excluding hydrogens is 206 g/mol. The summed E-state index contributed by atoms with van der Waals surface area (Å²) in [5.41, 5.74) is 0.803. The van der Waals surface area contributed by atoms with Crippen molar-refractivity contribution in [2.45, 2.75) is 31.6 Å². The zero-order valence-corrected chi connectivity index (χ0v) is 8.82. The topological polar surface area (TPSA) is 0 Å². The molecule has 0 aliphatic heterocycles. The lowest BCUT2D eigenvalue weighted by Gasteiger charge is -2.16. The molecule has 0 atom stereocenters. The Morgan fingerprint density at radius 3 is 2.64 bits per heavy atom. The fourth-order valence-electron chi connectivity index (χ4n) is 1.34. The number of hydrogen-bond donors (Lipinski definition) is 0. The molecule has 0 aromatic heterocycles. The Labute approximate surface area is 87.9 Å². The van der Waals surface area contributed by atoms with Crippen molar-refractivity contribution in [1.82, 2.24) is 0 Å². The van der Waals surface area contributed by atoms with Gasteiger partial charge < -0.3 is 0 Å². The van der Waals surface area contributed by atoms with Crippen LogP contribution in [0.4, 0.5) is 8.78 Å². The Balaban J connectivity index is 2.93. The van der Waals surface area contributed by atoms with Crippen LogP contribution in [-0.4, -0.2) is 0 Å². The molecule has 0 N–H and O–H groups in total. The molecule has 0 saturated heterocycles. The number of alkyl halides is 3. The van der Waals surface area contributed by atoms with Gasteiger partial charge in [0.1, 0.15) is 0 Å². The SMILES string of the molecule is CCCC(F)(F)c1cccc(CCl)c1. The summed E-state index contributed by atoms with van der Waals surface area (Å²) in [6.07, 6.45) is 0.358. The lowest BCUT2D eigenvalue weighted by Crippen LogP contribution is -2.12. The summed E-state index contributed by atoms with van der Waals surface area (Å²) >= 11 is 5.58. The molecule has 0 aliphatic carbocycles. The van der Waals surface area contributed by atoms with E-state index in [1.165, 1.54) is 12.1 Å². The van der Waals surface area contributed by atoms with E-state index in [9.17, 15) is 8.78 Å². The maximum atomic E-state index is 13.4. The molecule has 0 saturated carbocycles. The second kappa shape index (κ2) is 4.74. The van der Waals surface area contributed by atoms with Crippen molar-refractivity contribution in [3.8, 4) is 0 Å². The highest BCUT2D eigenvalue weighted by Crippen LogP contribution is 2.33. The average molecular weight is 219 g/mol. The summed E-state index contributed by atoms with van der Waals surface area (Å²) < 4.78 is 26.9. The lowest BCUT2D eigenvalue weighted by atomic mass is 10.0. The first-order valence-corrected chi connectivity index (χ1v) is 5.17. The molecule has 0 nitrogen and oxygen atoms in total. The van der Waals surface area contributed by atoms with Gasteiger partial charge in [-0.25, -0.2) is 8.78 Å². The van der Waals surface area contributed by atoms with Crippen molar-refractivity contribution in [2.24, 2.45) is 0 Å². The van der Waals surface area contributed by atoms with Crippen molar-refractivity contribution in [3.05, 3.63) is 35.4 Å². The monoisotopic (exact) mass is 218 g/mol. The van der Waals surface area contributed by atoms with Crippen molar-refractivity contribution < 1.29 is 8.78 Å². The molecule has 0 bridgehead atoms. The minimum absolute atomic E-state index is 0.0671. The van der Waals surface area contributed by atoms with Gasteiger partial charge >= 0.3 is 0 Å². The first kappa shape index (κ1) is 11.4. The predicted molar refractivity (Wildman–Crippen MR) is 54.8 cm³/mol. The molecule has 0 spiro atoms. The minimum Gasteiger partial charge on any atom is -0.201 e. The van der Waals surface area contributed by atoms with Gasteiger partial charge in [-0.15, -0.1) is 11.6 Å². The summed E-state index contributed by atoms with van der Waals surface area (Å²) in [6.45, 7) is 1.75. The largest absolute Gasteiger partial charge is 0.273 e. The quantitative estimate of drug-likeness (QED) is 0.661. The highest BCUT2D eigenvalue weighted by Gasteiger charge is 2.29. The Hall–Kier alpha value is -0.630. The maximum absolute atomic E-state index is 13.4. The van der Waals surface area contributed by atoms with Crippen LogP contribution in [-0.2, 0) is 11.8 Å². The van der Waals surface area contributed by atoms with Crippen molar-refractivity contribution >= 4 is 11.6 Å². The summed E-state index contributed by atoms with van der Waals surface area (Å²) in [5, 5.41) is 0. The summed E-state index contributed by atoms with van der Waals surface area (Å²) in [5.74, 6) is -2.45. The van der Waals surface area contributed by atoms with Crippen LogP contribution in [0.3, 0.4) is 0 Å². The molecular formula is C11H13ClF2. The molecule has 1 rings (SSSR count). The molecule has 0 heterocycles. The molecule has 0 radical (unpaired) electrons. The third-order valence-electron chi connectivity index (χ3n) is 2.07. The first-order valence-electron chi connectivity index (χ1n) is 4.63. The second-order valence-electron chi connectivity index (χ2n) is 3.29. The van der Waals surface area contributed by atoms with E-state index in [1.54, 1.807) is 19.1 Å². The minimum atomic E-state index is -2.73. The van der Waals surface area contributed by atoms with Gasteiger partial charge in [-0.2, -0.15) is 0 Å². The Kier molecular flexibility index (Phi) is 3.87. The molecule has 14 heavy (non-hydrogen) atoms. The van der Waals surface area contributed by atoms with Crippen LogP contribution in [0.2, 0.25) is 0 Å². The van der Waals surface area contributed by atoms with Crippen LogP contribution in [0.5, 0.6) is 0 Å². The number of halogens is 3. The Bertz CT molecular complexity index is 297. The van der Waals surface area contributed by atoms with Gasteiger partial charge in [0.2, 0.25) is 0 Å². The van der Waals surface area contributed by atoms with Crippen LogP contribution in [0.1, 0.15) is 30.9 Å². The Morgan fingerprint density at radius 1 is 1.36 bits per heavy atom. The van der Waals surface area contributed by atoms with Crippen LogP contribution in [0.25, 0.3) is 0 Å². The van der Waals surface area contributed by atoms with Gasteiger partial charge in [0.25, 0.3) is 5.92 Å². The molecule has 0 amide bonds. The smallest absolute Gasteiger partial charge is 0.201 e. The fourth-order valence-corrected chi connectivity index (χ4v) is 1.51. The van der Waals surface area contributed by atoms with E-state index in [1.807, 2.05) is 0 Å².